The zero-order chi connectivity index (χ0) is 11.5. The molecule has 82 valence electrons. The number of rotatable bonds is 2. The van der Waals surface area contributed by atoms with Gasteiger partial charge < -0.3 is 4.74 Å². The first-order chi connectivity index (χ1) is 7.72. The lowest BCUT2D eigenvalue weighted by Crippen LogP contribution is -2.10. The highest BCUT2D eigenvalue weighted by Crippen LogP contribution is 2.25. The molecule has 0 aliphatic heterocycles. The molecule has 4 nitrogen and oxygen atoms in total. The topological polar surface area (TPSA) is 55.0 Å². The summed E-state index contributed by atoms with van der Waals surface area (Å²) in [5.74, 6) is 0.671. The first-order valence-corrected chi connectivity index (χ1v) is 4.98. The largest absolute Gasteiger partial charge is 0.497 e. The summed E-state index contributed by atoms with van der Waals surface area (Å²) in [5, 5.41) is 6.27. The monoisotopic (exact) mass is 236 g/mol. The van der Waals surface area contributed by atoms with Gasteiger partial charge in [-0.3, -0.25) is 4.79 Å². The molecule has 5 heteroatoms. The molecule has 0 radical (unpaired) electrons. The van der Waals surface area contributed by atoms with E-state index in [-0.39, 0.29) is 5.56 Å². The van der Waals surface area contributed by atoms with Crippen LogP contribution in [0.25, 0.3) is 11.1 Å². The van der Waals surface area contributed by atoms with Crippen LogP contribution < -0.4 is 10.3 Å². The number of nitrogens with one attached hydrogen (secondary N) is 1. The van der Waals surface area contributed by atoms with Crippen LogP contribution in [-0.2, 0) is 0 Å². The van der Waals surface area contributed by atoms with Crippen molar-refractivity contribution < 1.29 is 4.74 Å². The number of benzene rings is 1. The smallest absolute Gasteiger partial charge is 0.273 e. The molecule has 0 spiro atoms. The van der Waals surface area contributed by atoms with Gasteiger partial charge in [-0.15, -0.1) is 0 Å². The zero-order valence-electron chi connectivity index (χ0n) is 8.53. The van der Waals surface area contributed by atoms with E-state index in [0.29, 0.717) is 21.9 Å². The Labute approximate surface area is 96.8 Å². The Morgan fingerprint density at radius 2 is 2.25 bits per heavy atom. The molecule has 0 amide bonds. The molecular weight excluding hydrogens is 228 g/mol. The number of ether oxygens (including phenoxy) is 1. The zero-order valence-corrected chi connectivity index (χ0v) is 9.28. The molecule has 0 saturated carbocycles. The highest BCUT2D eigenvalue weighted by molar-refractivity contribution is 6.33. The third kappa shape index (κ3) is 1.92. The average molecular weight is 237 g/mol. The summed E-state index contributed by atoms with van der Waals surface area (Å²) in [6.07, 6.45) is 1.40. The second kappa shape index (κ2) is 4.37. The normalized spacial score (nSPS) is 10.1. The van der Waals surface area contributed by atoms with Crippen LogP contribution in [0.3, 0.4) is 0 Å². The highest BCUT2D eigenvalue weighted by atomic mass is 35.5. The van der Waals surface area contributed by atoms with Crippen LogP contribution in [0.4, 0.5) is 0 Å². The van der Waals surface area contributed by atoms with Gasteiger partial charge in [-0.25, -0.2) is 5.10 Å². The maximum Gasteiger partial charge on any atom is 0.273 e. The third-order valence-corrected chi connectivity index (χ3v) is 2.45. The van der Waals surface area contributed by atoms with Crippen molar-refractivity contribution in [2.24, 2.45) is 0 Å². The Balaban J connectivity index is 2.63. The van der Waals surface area contributed by atoms with Gasteiger partial charge in [0.05, 0.1) is 23.9 Å². The van der Waals surface area contributed by atoms with E-state index < -0.39 is 0 Å². The third-order valence-electron chi connectivity index (χ3n) is 2.17. The first kappa shape index (κ1) is 10.7. The van der Waals surface area contributed by atoms with E-state index in [1.807, 2.05) is 0 Å². The van der Waals surface area contributed by atoms with Crippen molar-refractivity contribution in [1.82, 2.24) is 10.2 Å². The molecule has 0 atom stereocenters. The molecule has 2 aromatic rings. The minimum absolute atomic E-state index is 0.317. The number of aromatic nitrogens is 2. The number of H-pyrrole nitrogens is 1. The number of hydrogen-bond donors (Lipinski definition) is 1. The van der Waals surface area contributed by atoms with Gasteiger partial charge in [-0.2, -0.15) is 5.10 Å². The Morgan fingerprint density at radius 3 is 2.94 bits per heavy atom. The van der Waals surface area contributed by atoms with Gasteiger partial charge in [-0.1, -0.05) is 23.7 Å². The molecule has 16 heavy (non-hydrogen) atoms. The van der Waals surface area contributed by atoms with E-state index in [1.54, 1.807) is 31.4 Å². The minimum Gasteiger partial charge on any atom is -0.497 e. The molecule has 2 rings (SSSR count). The summed E-state index contributed by atoms with van der Waals surface area (Å²) < 4.78 is 5.09. The Kier molecular flexibility index (Phi) is 2.92. The summed E-state index contributed by atoms with van der Waals surface area (Å²) in [5.41, 5.74) is 0.782. The van der Waals surface area contributed by atoms with Crippen molar-refractivity contribution in [2.75, 3.05) is 7.11 Å². The van der Waals surface area contributed by atoms with E-state index in [9.17, 15) is 4.79 Å². The molecule has 1 aromatic carbocycles. The van der Waals surface area contributed by atoms with E-state index in [4.69, 9.17) is 16.3 Å². The second-order valence-corrected chi connectivity index (χ2v) is 3.56. The van der Waals surface area contributed by atoms with Gasteiger partial charge in [-0.05, 0) is 17.7 Å². The van der Waals surface area contributed by atoms with Crippen molar-refractivity contribution in [1.29, 1.82) is 0 Å². The molecule has 1 N–H and O–H groups in total. The number of hydrogen-bond acceptors (Lipinski definition) is 3. The minimum atomic E-state index is -0.319. The lowest BCUT2D eigenvalue weighted by Gasteiger charge is -2.04. The summed E-state index contributed by atoms with van der Waals surface area (Å²) in [4.78, 5) is 11.6. The number of aromatic amines is 1. The number of nitrogens with zero attached hydrogens (tertiary/aromatic N) is 1. The maximum absolute atomic E-state index is 11.6. The van der Waals surface area contributed by atoms with Crippen LogP contribution in [-0.4, -0.2) is 17.3 Å². The van der Waals surface area contributed by atoms with Gasteiger partial charge in [0.25, 0.3) is 5.56 Å². The van der Waals surface area contributed by atoms with E-state index in [1.165, 1.54) is 6.20 Å². The Bertz CT molecular complexity index is 566. The predicted octanol–water partition coefficient (Wildman–Crippen LogP) is 2.10. The summed E-state index contributed by atoms with van der Waals surface area (Å²) in [6.45, 7) is 0. The fraction of sp³-hybridized carbons (Fsp3) is 0.0909. The Morgan fingerprint density at radius 1 is 1.44 bits per heavy atom. The first-order valence-electron chi connectivity index (χ1n) is 4.60. The van der Waals surface area contributed by atoms with Crippen molar-refractivity contribution >= 4 is 11.6 Å². The molecule has 0 fully saturated rings. The molecule has 0 bridgehead atoms. The quantitative estimate of drug-likeness (QED) is 0.869. The number of methoxy groups -OCH3 is 1. The summed E-state index contributed by atoms with van der Waals surface area (Å²) in [7, 11) is 1.57. The standard InChI is InChI=1S/C11H9ClN2O2/c1-16-8-4-2-3-7(5-8)10-9(12)6-13-14-11(10)15/h2-6H,1H3,(H,14,15). The lowest BCUT2D eigenvalue weighted by molar-refractivity contribution is 0.415. The van der Waals surface area contributed by atoms with Crippen LogP contribution in [0, 0.1) is 0 Å². The molecule has 0 aliphatic carbocycles. The fourth-order valence-electron chi connectivity index (χ4n) is 1.42. The molecule has 1 heterocycles. The van der Waals surface area contributed by atoms with Gasteiger partial charge in [0.1, 0.15) is 5.75 Å². The van der Waals surface area contributed by atoms with Crippen LogP contribution in [0.15, 0.2) is 35.3 Å². The van der Waals surface area contributed by atoms with E-state index in [2.05, 4.69) is 10.2 Å². The van der Waals surface area contributed by atoms with Gasteiger partial charge in [0.2, 0.25) is 0 Å². The van der Waals surface area contributed by atoms with E-state index in [0.717, 1.165) is 0 Å². The molecular formula is C11H9ClN2O2. The fourth-order valence-corrected chi connectivity index (χ4v) is 1.67. The highest BCUT2D eigenvalue weighted by Gasteiger charge is 2.09. The second-order valence-electron chi connectivity index (χ2n) is 3.15. The van der Waals surface area contributed by atoms with Crippen LogP contribution in [0.5, 0.6) is 5.75 Å². The van der Waals surface area contributed by atoms with Crippen molar-refractivity contribution in [3.8, 4) is 16.9 Å². The van der Waals surface area contributed by atoms with E-state index >= 15 is 0 Å². The number of halogens is 1. The molecule has 0 saturated heterocycles. The van der Waals surface area contributed by atoms with Gasteiger partial charge >= 0.3 is 0 Å². The van der Waals surface area contributed by atoms with Gasteiger partial charge in [0, 0.05) is 0 Å². The summed E-state index contributed by atoms with van der Waals surface area (Å²) >= 11 is 5.94. The van der Waals surface area contributed by atoms with Crippen molar-refractivity contribution in [3.05, 3.63) is 45.8 Å². The van der Waals surface area contributed by atoms with Gasteiger partial charge in [0.15, 0.2) is 0 Å². The van der Waals surface area contributed by atoms with Crippen LogP contribution >= 0.6 is 11.6 Å². The SMILES string of the molecule is COc1cccc(-c2c(Cl)cn[nH]c2=O)c1. The summed E-state index contributed by atoms with van der Waals surface area (Å²) in [6, 6.07) is 7.13. The van der Waals surface area contributed by atoms with Crippen molar-refractivity contribution in [2.45, 2.75) is 0 Å². The molecule has 0 aliphatic rings. The van der Waals surface area contributed by atoms with Crippen LogP contribution in [0.2, 0.25) is 5.02 Å². The van der Waals surface area contributed by atoms with Crippen molar-refractivity contribution in [3.63, 3.8) is 0 Å². The van der Waals surface area contributed by atoms with Crippen LogP contribution in [0.1, 0.15) is 0 Å². The maximum atomic E-state index is 11.6. The lowest BCUT2D eigenvalue weighted by atomic mass is 10.1. The molecule has 0 unspecified atom stereocenters. The molecule has 1 aromatic heterocycles. The Hall–Kier alpha value is -1.81. The predicted molar refractivity (Wildman–Crippen MR) is 61.9 cm³/mol. The average Bonchev–Trinajstić information content (AvgIpc) is 2.29.